The van der Waals surface area contributed by atoms with Gasteiger partial charge in [0.15, 0.2) is 0 Å². The summed E-state index contributed by atoms with van der Waals surface area (Å²) in [5.41, 5.74) is -2.77. The second-order valence-corrected chi connectivity index (χ2v) is 2.63. The number of nitrogens with one attached hydrogen (secondary N) is 1. The normalized spacial score (nSPS) is 9.17. The zero-order valence-corrected chi connectivity index (χ0v) is 9.69. The maximum absolute atomic E-state index is 10.7. The minimum atomic E-state index is -0.961. The molecule has 0 fully saturated rings. The summed E-state index contributed by atoms with van der Waals surface area (Å²) in [6.07, 6.45) is 0. The summed E-state index contributed by atoms with van der Waals surface area (Å²) < 4.78 is 0.748. The molecule has 9 heteroatoms. The molecule has 0 amide bonds. The van der Waals surface area contributed by atoms with Crippen molar-refractivity contribution in [3.05, 3.63) is 31.5 Å². The minimum Gasteiger partial charge on any atom is -0.257 e. The van der Waals surface area contributed by atoms with E-state index < -0.39 is 17.1 Å². The maximum Gasteiger partial charge on any atom is 0.361 e. The molecule has 71 valence electrons. The Hall–Kier alpha value is -0.0797. The smallest absolute Gasteiger partial charge is 0.257 e. The van der Waals surface area contributed by atoms with Gasteiger partial charge in [0.05, 0.1) is 16.1 Å². The molecular weight excluding hydrogens is 438 g/mol. The third kappa shape index (κ3) is 1.99. The molecule has 0 aliphatic rings. The van der Waals surface area contributed by atoms with Gasteiger partial charge in [-0.25, -0.2) is 14.4 Å². The van der Waals surface area contributed by atoms with Crippen LogP contribution < -0.4 is 17.1 Å². The van der Waals surface area contributed by atoms with Crippen molar-refractivity contribution in [1.82, 2.24) is 12.7 Å². The Morgan fingerprint density at radius 3 is 2.25 bits per heavy atom. The Morgan fingerprint density at radius 2 is 1.75 bits per heavy atom. The number of hydrogen-bond donors (Lipinski definition) is 1. The summed E-state index contributed by atoms with van der Waals surface area (Å²) >= 11 is 7.71. The van der Waals surface area contributed by atoms with Gasteiger partial charge >= 0.3 is 17.1 Å². The number of aromatic nitrogens is 3. The quantitative estimate of drug-likeness (QED) is 0.519. The first-order chi connectivity index (χ1) is 5.04. The molecule has 0 aromatic carbocycles. The molecule has 1 N–H and O–H groups in total. The molecule has 12 heavy (non-hydrogen) atoms. The number of rotatable bonds is 0. The van der Waals surface area contributed by atoms with E-state index in [2.05, 4.69) is 16.1 Å². The average molecular weight is 439 g/mol. The van der Waals surface area contributed by atoms with Crippen LogP contribution in [-0.2, 0) is 22.4 Å². The van der Waals surface area contributed by atoms with E-state index in [1.807, 2.05) is 0 Å². The number of H-pyrrole nitrogens is 1. The van der Waals surface area contributed by atoms with Crippen LogP contribution in [0.15, 0.2) is 14.4 Å². The monoisotopic (exact) mass is 438 g/mol. The average Bonchev–Trinajstić information content (AvgIpc) is 1.97. The van der Waals surface area contributed by atoms with Crippen LogP contribution in [-0.4, -0.2) is 12.7 Å². The van der Waals surface area contributed by atoms with Crippen molar-refractivity contribution in [2.75, 3.05) is 0 Å². The second-order valence-electron chi connectivity index (χ2n) is 1.58. The van der Waals surface area contributed by atoms with Gasteiger partial charge in [-0.05, 0) is 0 Å². The number of aromatic amines is 1. The Bertz CT molecular complexity index is 410. The number of hydrogen-bond acceptors (Lipinski definition) is 3. The van der Waals surface area contributed by atoms with E-state index in [1.165, 1.54) is 0 Å². The standard InChI is InChI=1S/C3HBrClN3O3.Au/c4-7-1(9)6-2(10)8(5)3(7)11;/h(H,6,9,10);. The largest absolute Gasteiger partial charge is 0.361 e. The number of halogens is 2. The molecule has 1 radical (unpaired) electrons. The predicted molar refractivity (Wildman–Crippen MR) is 41.2 cm³/mol. The van der Waals surface area contributed by atoms with Gasteiger partial charge in [-0.15, -0.1) is 0 Å². The summed E-state index contributed by atoms with van der Waals surface area (Å²) in [7, 11) is 0. The SMILES string of the molecule is O=c1[nH]c(=O)n(Br)c(=O)n1Cl.[Au]. The van der Waals surface area contributed by atoms with Gasteiger partial charge in [-0.2, -0.15) is 7.68 Å². The Labute approximate surface area is 94.1 Å². The van der Waals surface area contributed by atoms with E-state index in [4.69, 9.17) is 11.8 Å². The zero-order chi connectivity index (χ0) is 8.59. The van der Waals surface area contributed by atoms with Crippen LogP contribution in [0.3, 0.4) is 0 Å². The topological polar surface area (TPSA) is 76.9 Å². The first kappa shape index (κ1) is 11.9. The Kier molecular flexibility index (Phi) is 4.21. The van der Waals surface area contributed by atoms with Gasteiger partial charge in [0.2, 0.25) is 0 Å². The van der Waals surface area contributed by atoms with Gasteiger partial charge in [0.1, 0.15) is 0 Å². The van der Waals surface area contributed by atoms with E-state index >= 15 is 0 Å². The van der Waals surface area contributed by atoms with Gasteiger partial charge in [0.25, 0.3) is 0 Å². The molecule has 0 bridgehead atoms. The van der Waals surface area contributed by atoms with E-state index in [-0.39, 0.29) is 26.5 Å². The first-order valence-corrected chi connectivity index (χ1v) is 3.39. The van der Waals surface area contributed by atoms with E-state index in [0.29, 0.717) is 3.59 Å². The fourth-order valence-electron chi connectivity index (χ4n) is 0.440. The molecular formula is C3HAuBrClN3O3. The first-order valence-electron chi connectivity index (χ1n) is 2.34. The van der Waals surface area contributed by atoms with Crippen LogP contribution in [0.2, 0.25) is 0 Å². The van der Waals surface area contributed by atoms with Crippen LogP contribution in [0.4, 0.5) is 0 Å². The van der Waals surface area contributed by atoms with Crippen molar-refractivity contribution >= 4 is 27.9 Å². The second kappa shape index (κ2) is 4.24. The van der Waals surface area contributed by atoms with Crippen molar-refractivity contribution < 1.29 is 22.4 Å². The van der Waals surface area contributed by atoms with Crippen LogP contribution in [0.1, 0.15) is 0 Å². The van der Waals surface area contributed by atoms with Gasteiger partial charge in [-0.3, -0.25) is 4.98 Å². The van der Waals surface area contributed by atoms with E-state index in [9.17, 15) is 14.4 Å². The third-order valence-corrected chi connectivity index (χ3v) is 1.83. The summed E-state index contributed by atoms with van der Waals surface area (Å²) in [4.78, 5) is 33.7. The molecule has 1 rings (SSSR count). The fraction of sp³-hybridized carbons (Fsp3) is 0. The molecule has 0 spiro atoms. The van der Waals surface area contributed by atoms with Crippen LogP contribution in [0, 0.1) is 0 Å². The molecule has 0 aliphatic carbocycles. The van der Waals surface area contributed by atoms with Crippen molar-refractivity contribution in [3.8, 4) is 0 Å². The third-order valence-electron chi connectivity index (χ3n) is 0.906. The fourth-order valence-corrected chi connectivity index (χ4v) is 0.897. The number of nitrogens with zero attached hydrogens (tertiary/aromatic N) is 2. The minimum absolute atomic E-state index is 0. The van der Waals surface area contributed by atoms with Crippen LogP contribution in [0.5, 0.6) is 0 Å². The molecule has 0 atom stereocenters. The summed E-state index contributed by atoms with van der Waals surface area (Å²) in [6.45, 7) is 0. The molecule has 1 aromatic rings. The molecule has 0 unspecified atom stereocenters. The Morgan fingerprint density at radius 1 is 1.25 bits per heavy atom. The van der Waals surface area contributed by atoms with Gasteiger partial charge < -0.3 is 0 Å². The van der Waals surface area contributed by atoms with Gasteiger partial charge in [0, 0.05) is 34.2 Å². The van der Waals surface area contributed by atoms with Crippen LogP contribution in [0.25, 0.3) is 0 Å². The Balaban J connectivity index is 0.00000121. The van der Waals surface area contributed by atoms with Crippen molar-refractivity contribution in [2.45, 2.75) is 0 Å². The van der Waals surface area contributed by atoms with Crippen LogP contribution >= 0.6 is 27.9 Å². The molecule has 0 saturated carbocycles. The van der Waals surface area contributed by atoms with E-state index in [1.54, 1.807) is 4.98 Å². The summed E-state index contributed by atoms with van der Waals surface area (Å²) in [5, 5.41) is 0. The van der Waals surface area contributed by atoms with Crippen molar-refractivity contribution in [3.63, 3.8) is 0 Å². The molecule has 0 aliphatic heterocycles. The summed E-state index contributed by atoms with van der Waals surface area (Å²) in [5.74, 6) is 0. The predicted octanol–water partition coefficient (Wildman–Crippen LogP) is -1.14. The molecule has 1 heterocycles. The molecule has 0 saturated heterocycles. The molecule has 6 nitrogen and oxygen atoms in total. The summed E-state index contributed by atoms with van der Waals surface area (Å²) in [6, 6.07) is 0. The van der Waals surface area contributed by atoms with E-state index in [0.717, 1.165) is 0 Å². The van der Waals surface area contributed by atoms with Crippen molar-refractivity contribution in [1.29, 1.82) is 0 Å². The maximum atomic E-state index is 10.7. The van der Waals surface area contributed by atoms with Gasteiger partial charge in [-0.1, -0.05) is 0 Å². The van der Waals surface area contributed by atoms with Crippen molar-refractivity contribution in [2.24, 2.45) is 0 Å². The molecule has 1 aromatic heterocycles. The zero-order valence-electron chi connectivity index (χ0n) is 5.18.